The van der Waals surface area contributed by atoms with Crippen molar-refractivity contribution in [3.63, 3.8) is 0 Å². The number of nitrogens with zero attached hydrogens (tertiary/aromatic N) is 1. The van der Waals surface area contributed by atoms with E-state index in [1.807, 2.05) is 6.07 Å². The Morgan fingerprint density at radius 1 is 1.14 bits per heavy atom. The van der Waals surface area contributed by atoms with Gasteiger partial charge in [0.2, 0.25) is 0 Å². The summed E-state index contributed by atoms with van der Waals surface area (Å²) in [6.45, 7) is 1.57. The summed E-state index contributed by atoms with van der Waals surface area (Å²) in [4.78, 5) is 15.7. The van der Waals surface area contributed by atoms with Gasteiger partial charge >= 0.3 is 5.97 Å². The molecule has 0 fully saturated rings. The summed E-state index contributed by atoms with van der Waals surface area (Å²) >= 11 is 0. The van der Waals surface area contributed by atoms with Crippen LogP contribution in [-0.2, 0) is 21.1 Å². The molecule has 0 spiro atoms. The minimum Gasteiger partial charge on any atom is -0.427 e. The molecule has 6 heteroatoms. The summed E-state index contributed by atoms with van der Waals surface area (Å²) < 4.78 is 28.5. The maximum Gasteiger partial charge on any atom is 0.311 e. The van der Waals surface area contributed by atoms with Crippen LogP contribution in [0.4, 0.5) is 0 Å². The Bertz CT molecular complexity index is 725. The Balaban J connectivity index is 1.91. The summed E-state index contributed by atoms with van der Waals surface area (Å²) in [5, 5.41) is 0.0608. The van der Waals surface area contributed by atoms with Crippen molar-refractivity contribution in [1.82, 2.24) is 4.98 Å². The van der Waals surface area contributed by atoms with Crippen LogP contribution in [0.1, 0.15) is 18.9 Å². The second kappa shape index (κ2) is 7.17. The number of benzene rings is 1. The first kappa shape index (κ1) is 16.2. The number of sulfone groups is 1. The molecule has 2 aromatic rings. The van der Waals surface area contributed by atoms with Gasteiger partial charge in [-0.3, -0.25) is 4.79 Å². The minimum atomic E-state index is -3.29. The second-order valence-electron chi connectivity index (χ2n) is 4.70. The SMILES string of the molecule is CCS(=O)(=O)c1ccc(CCC(=O)Oc2ccccc2)cn1. The predicted octanol–water partition coefficient (Wildman–Crippen LogP) is 2.41. The lowest BCUT2D eigenvalue weighted by Gasteiger charge is -2.05. The van der Waals surface area contributed by atoms with Gasteiger partial charge in [0, 0.05) is 6.20 Å². The zero-order chi connectivity index (χ0) is 16.0. The molecule has 0 aliphatic heterocycles. The van der Waals surface area contributed by atoms with Gasteiger partial charge in [-0.2, -0.15) is 0 Å². The molecule has 5 nitrogen and oxygen atoms in total. The molecule has 2 rings (SSSR count). The molecule has 0 saturated heterocycles. The summed E-state index contributed by atoms with van der Waals surface area (Å²) in [7, 11) is -3.29. The Morgan fingerprint density at radius 2 is 1.86 bits per heavy atom. The number of esters is 1. The highest BCUT2D eigenvalue weighted by Crippen LogP contribution is 2.12. The van der Waals surface area contributed by atoms with E-state index in [1.54, 1.807) is 37.3 Å². The summed E-state index contributed by atoms with van der Waals surface area (Å²) in [6, 6.07) is 12.0. The lowest BCUT2D eigenvalue weighted by Crippen LogP contribution is -2.09. The highest BCUT2D eigenvalue weighted by molar-refractivity contribution is 7.91. The molecule has 0 bridgehead atoms. The highest BCUT2D eigenvalue weighted by atomic mass is 32.2. The molecule has 1 aromatic carbocycles. The second-order valence-corrected chi connectivity index (χ2v) is 6.92. The van der Waals surface area contributed by atoms with E-state index in [-0.39, 0.29) is 23.2 Å². The Morgan fingerprint density at radius 3 is 2.45 bits per heavy atom. The third-order valence-corrected chi connectivity index (χ3v) is 4.73. The number of aryl methyl sites for hydroxylation is 1. The zero-order valence-electron chi connectivity index (χ0n) is 12.2. The lowest BCUT2D eigenvalue weighted by molar-refractivity contribution is -0.134. The molecule has 1 aromatic heterocycles. The molecule has 0 aliphatic rings. The van der Waals surface area contributed by atoms with Crippen molar-refractivity contribution in [2.45, 2.75) is 24.8 Å². The van der Waals surface area contributed by atoms with Gasteiger partial charge in [0.1, 0.15) is 5.75 Å². The number of pyridine rings is 1. The van der Waals surface area contributed by atoms with E-state index < -0.39 is 9.84 Å². The van der Waals surface area contributed by atoms with Gasteiger partial charge in [0.15, 0.2) is 14.9 Å². The van der Waals surface area contributed by atoms with E-state index >= 15 is 0 Å². The molecule has 0 unspecified atom stereocenters. The van der Waals surface area contributed by atoms with Gasteiger partial charge < -0.3 is 4.74 Å². The van der Waals surface area contributed by atoms with Gasteiger partial charge in [-0.1, -0.05) is 31.2 Å². The first-order valence-electron chi connectivity index (χ1n) is 6.94. The number of carbonyl (C=O) groups is 1. The monoisotopic (exact) mass is 319 g/mol. The van der Waals surface area contributed by atoms with Crippen LogP contribution in [0.25, 0.3) is 0 Å². The van der Waals surface area contributed by atoms with Crippen LogP contribution in [0.15, 0.2) is 53.7 Å². The third kappa shape index (κ3) is 4.39. The standard InChI is InChI=1S/C16H17NO4S/c1-2-22(19,20)15-10-8-13(12-17-15)9-11-16(18)21-14-6-4-3-5-7-14/h3-8,10,12H,2,9,11H2,1H3. The van der Waals surface area contributed by atoms with Crippen molar-refractivity contribution < 1.29 is 17.9 Å². The van der Waals surface area contributed by atoms with Crippen LogP contribution in [-0.4, -0.2) is 25.1 Å². The molecular formula is C16H17NO4S. The number of para-hydroxylation sites is 1. The lowest BCUT2D eigenvalue weighted by atomic mass is 10.2. The Labute approximate surface area is 129 Å². The summed E-state index contributed by atoms with van der Waals surface area (Å²) in [5.74, 6) is 0.189. The molecule has 22 heavy (non-hydrogen) atoms. The molecule has 0 aliphatic carbocycles. The molecule has 116 valence electrons. The van der Waals surface area contributed by atoms with E-state index in [9.17, 15) is 13.2 Å². The van der Waals surface area contributed by atoms with Crippen LogP contribution in [0.3, 0.4) is 0 Å². The largest absolute Gasteiger partial charge is 0.427 e. The van der Waals surface area contributed by atoms with Crippen molar-refractivity contribution in [1.29, 1.82) is 0 Å². The first-order valence-corrected chi connectivity index (χ1v) is 8.60. The van der Waals surface area contributed by atoms with Gasteiger partial charge in [0.05, 0.1) is 12.2 Å². The average molecular weight is 319 g/mol. The molecule has 0 saturated carbocycles. The molecule has 1 heterocycles. The van der Waals surface area contributed by atoms with Crippen LogP contribution in [0.5, 0.6) is 5.75 Å². The zero-order valence-corrected chi connectivity index (χ0v) is 13.0. The van der Waals surface area contributed by atoms with E-state index in [0.717, 1.165) is 5.56 Å². The topological polar surface area (TPSA) is 73.3 Å². The highest BCUT2D eigenvalue weighted by Gasteiger charge is 2.13. The molecule has 0 N–H and O–H groups in total. The smallest absolute Gasteiger partial charge is 0.311 e. The average Bonchev–Trinajstić information content (AvgIpc) is 2.54. The molecule has 0 atom stereocenters. The van der Waals surface area contributed by atoms with Crippen molar-refractivity contribution >= 4 is 15.8 Å². The third-order valence-electron chi connectivity index (χ3n) is 3.09. The van der Waals surface area contributed by atoms with Crippen molar-refractivity contribution in [2.75, 3.05) is 5.75 Å². The summed E-state index contributed by atoms with van der Waals surface area (Å²) in [5.41, 5.74) is 0.792. The van der Waals surface area contributed by atoms with E-state index in [2.05, 4.69) is 4.98 Å². The number of hydrogen-bond donors (Lipinski definition) is 0. The van der Waals surface area contributed by atoms with Crippen LogP contribution in [0.2, 0.25) is 0 Å². The molecule has 0 radical (unpaired) electrons. The normalized spacial score (nSPS) is 11.1. The fourth-order valence-electron chi connectivity index (χ4n) is 1.81. The fraction of sp³-hybridized carbons (Fsp3) is 0.250. The van der Waals surface area contributed by atoms with E-state index in [0.29, 0.717) is 12.2 Å². The Kier molecular flexibility index (Phi) is 5.27. The van der Waals surface area contributed by atoms with E-state index in [4.69, 9.17) is 4.74 Å². The predicted molar refractivity (Wildman–Crippen MR) is 82.4 cm³/mol. The number of ether oxygens (including phenoxy) is 1. The minimum absolute atomic E-state index is 0.0166. The van der Waals surface area contributed by atoms with Gasteiger partial charge in [-0.05, 0) is 30.2 Å². The maximum absolute atomic E-state index is 11.7. The Hall–Kier alpha value is -2.21. The van der Waals surface area contributed by atoms with Crippen molar-refractivity contribution in [2.24, 2.45) is 0 Å². The first-order chi connectivity index (χ1) is 10.5. The van der Waals surface area contributed by atoms with Crippen molar-refractivity contribution in [3.8, 4) is 5.75 Å². The fourth-order valence-corrected chi connectivity index (χ4v) is 2.59. The summed E-state index contributed by atoms with van der Waals surface area (Å²) in [6.07, 6.45) is 2.14. The number of aromatic nitrogens is 1. The van der Waals surface area contributed by atoms with E-state index in [1.165, 1.54) is 12.3 Å². The quantitative estimate of drug-likeness (QED) is 0.604. The van der Waals surface area contributed by atoms with Crippen molar-refractivity contribution in [3.05, 3.63) is 54.2 Å². The molecular weight excluding hydrogens is 302 g/mol. The number of carbonyl (C=O) groups excluding carboxylic acids is 1. The van der Waals surface area contributed by atoms with Crippen LogP contribution >= 0.6 is 0 Å². The maximum atomic E-state index is 11.7. The van der Waals surface area contributed by atoms with Gasteiger partial charge in [-0.25, -0.2) is 13.4 Å². The molecule has 0 amide bonds. The van der Waals surface area contributed by atoms with Crippen LogP contribution in [0, 0.1) is 0 Å². The number of hydrogen-bond acceptors (Lipinski definition) is 5. The van der Waals surface area contributed by atoms with Gasteiger partial charge in [-0.15, -0.1) is 0 Å². The number of rotatable bonds is 6. The van der Waals surface area contributed by atoms with Gasteiger partial charge in [0.25, 0.3) is 0 Å². The van der Waals surface area contributed by atoms with Crippen LogP contribution < -0.4 is 4.74 Å².